The zero-order valence-electron chi connectivity index (χ0n) is 19.3. The Labute approximate surface area is 218 Å². The van der Waals surface area contributed by atoms with Crippen molar-refractivity contribution in [3.05, 3.63) is 88.6 Å². The summed E-state index contributed by atoms with van der Waals surface area (Å²) in [5.74, 6) is 0. The topological polar surface area (TPSA) is 80.5 Å². The van der Waals surface area contributed by atoms with Gasteiger partial charge in [-0.15, -0.1) is 0 Å². The molecule has 2 aliphatic heterocycles. The van der Waals surface area contributed by atoms with Gasteiger partial charge in [0.15, 0.2) is 17.0 Å². The molecule has 2 saturated heterocycles. The number of nitrogens with zero attached hydrogens (tertiary/aromatic N) is 4. The Morgan fingerprint density at radius 2 is 1.69 bits per heavy atom. The minimum Gasteiger partial charge on any atom is -0.374 e. The number of hydrogen-bond acceptors (Lipinski definition) is 7. The first kappa shape index (κ1) is 23.8. The molecule has 0 aliphatic carbocycles. The maximum Gasteiger partial charge on any atom is 0.225 e. The molecule has 0 N–H and O–H groups in total. The SMILES string of the molecule is Clc1nc(Cl)c2ncn([C@@H]3O[C@@]4(COCc5ccccc5)CCO[C@@H]3[C@@H]4OCc3ccccc3)c2n1. The molecule has 4 aromatic rings. The number of aromatic nitrogens is 4. The van der Waals surface area contributed by atoms with Gasteiger partial charge in [-0.25, -0.2) is 9.97 Å². The van der Waals surface area contributed by atoms with Crippen molar-refractivity contribution in [3.8, 4) is 0 Å². The van der Waals surface area contributed by atoms with Crippen LogP contribution in [-0.2, 0) is 32.2 Å². The molecule has 2 aromatic carbocycles. The number of rotatable bonds is 8. The van der Waals surface area contributed by atoms with Crippen molar-refractivity contribution in [2.75, 3.05) is 13.2 Å². The van der Waals surface area contributed by atoms with E-state index in [1.165, 1.54) is 0 Å². The maximum absolute atomic E-state index is 6.75. The predicted molar refractivity (Wildman–Crippen MR) is 134 cm³/mol. The second kappa shape index (κ2) is 10.0. The van der Waals surface area contributed by atoms with Crippen molar-refractivity contribution in [2.45, 2.75) is 43.7 Å². The second-order valence-corrected chi connectivity index (χ2v) is 9.66. The fourth-order valence-electron chi connectivity index (χ4n) is 4.93. The lowest BCUT2D eigenvalue weighted by Crippen LogP contribution is -2.53. The smallest absolute Gasteiger partial charge is 0.225 e. The summed E-state index contributed by atoms with van der Waals surface area (Å²) in [5, 5.41) is 0.220. The predicted octanol–water partition coefficient (Wildman–Crippen LogP) is 4.99. The van der Waals surface area contributed by atoms with Crippen LogP contribution in [0.15, 0.2) is 67.0 Å². The van der Waals surface area contributed by atoms with Gasteiger partial charge in [0.25, 0.3) is 0 Å². The summed E-state index contributed by atoms with van der Waals surface area (Å²) in [6.45, 7) is 1.76. The van der Waals surface area contributed by atoms with Gasteiger partial charge in [-0.3, -0.25) is 4.57 Å². The third kappa shape index (κ3) is 4.49. The molecule has 0 spiro atoms. The van der Waals surface area contributed by atoms with Crippen molar-refractivity contribution >= 4 is 34.4 Å². The van der Waals surface area contributed by atoms with Crippen LogP contribution < -0.4 is 0 Å². The first-order chi connectivity index (χ1) is 17.6. The molecule has 4 atom stereocenters. The lowest BCUT2D eigenvalue weighted by molar-refractivity contribution is -0.178. The molecule has 0 unspecified atom stereocenters. The molecule has 2 fully saturated rings. The van der Waals surface area contributed by atoms with E-state index in [2.05, 4.69) is 15.0 Å². The van der Waals surface area contributed by atoms with E-state index in [1.54, 1.807) is 10.9 Å². The Kier molecular flexibility index (Phi) is 6.64. The van der Waals surface area contributed by atoms with Crippen LogP contribution >= 0.6 is 23.2 Å². The van der Waals surface area contributed by atoms with E-state index < -0.39 is 17.9 Å². The van der Waals surface area contributed by atoms with Gasteiger partial charge in [-0.05, 0) is 22.7 Å². The summed E-state index contributed by atoms with van der Waals surface area (Å²) < 4.78 is 27.5. The summed E-state index contributed by atoms with van der Waals surface area (Å²) in [5.41, 5.74) is 2.37. The maximum atomic E-state index is 6.75. The minimum absolute atomic E-state index is 0.0360. The summed E-state index contributed by atoms with van der Waals surface area (Å²) in [6, 6.07) is 20.1. The van der Waals surface area contributed by atoms with E-state index in [1.807, 2.05) is 60.7 Å². The van der Waals surface area contributed by atoms with Crippen LogP contribution in [0.2, 0.25) is 10.4 Å². The molecule has 36 heavy (non-hydrogen) atoms. The van der Waals surface area contributed by atoms with Crippen molar-refractivity contribution in [3.63, 3.8) is 0 Å². The highest BCUT2D eigenvalue weighted by Crippen LogP contribution is 2.47. The van der Waals surface area contributed by atoms with Crippen LogP contribution in [0.3, 0.4) is 0 Å². The van der Waals surface area contributed by atoms with Crippen molar-refractivity contribution in [1.29, 1.82) is 0 Å². The Morgan fingerprint density at radius 3 is 2.44 bits per heavy atom. The highest BCUT2D eigenvalue weighted by molar-refractivity contribution is 6.35. The van der Waals surface area contributed by atoms with Gasteiger partial charge in [0.05, 0.1) is 32.8 Å². The van der Waals surface area contributed by atoms with Gasteiger partial charge in [0, 0.05) is 6.42 Å². The molecule has 0 amide bonds. The van der Waals surface area contributed by atoms with Crippen molar-refractivity contribution in [2.24, 2.45) is 0 Å². The first-order valence-corrected chi connectivity index (χ1v) is 12.5. The Hall–Kier alpha value is -2.59. The number of halogens is 2. The van der Waals surface area contributed by atoms with Crippen LogP contribution in [0.25, 0.3) is 11.2 Å². The van der Waals surface area contributed by atoms with Crippen LogP contribution in [0.1, 0.15) is 23.8 Å². The van der Waals surface area contributed by atoms with Crippen LogP contribution in [0.5, 0.6) is 0 Å². The normalized spacial score (nSPS) is 25.4. The van der Waals surface area contributed by atoms with Gasteiger partial charge < -0.3 is 18.9 Å². The van der Waals surface area contributed by atoms with Crippen LogP contribution in [0.4, 0.5) is 0 Å². The molecule has 4 heterocycles. The van der Waals surface area contributed by atoms with Gasteiger partial charge >= 0.3 is 0 Å². The molecular weight excluding hydrogens is 503 g/mol. The molecule has 0 radical (unpaired) electrons. The molecule has 2 aliphatic rings. The molecule has 6 rings (SSSR count). The largest absolute Gasteiger partial charge is 0.374 e. The Morgan fingerprint density at radius 1 is 0.972 bits per heavy atom. The van der Waals surface area contributed by atoms with Gasteiger partial charge in [0.1, 0.15) is 23.3 Å². The Balaban J connectivity index is 1.31. The summed E-state index contributed by atoms with van der Waals surface area (Å²) in [7, 11) is 0. The van der Waals surface area contributed by atoms with Gasteiger partial charge in [-0.1, -0.05) is 72.3 Å². The quantitative estimate of drug-likeness (QED) is 0.236. The third-order valence-electron chi connectivity index (χ3n) is 6.65. The molecule has 2 aromatic heterocycles. The number of ether oxygens (including phenoxy) is 4. The van der Waals surface area contributed by atoms with E-state index in [0.717, 1.165) is 11.1 Å². The lowest BCUT2D eigenvalue weighted by atomic mass is 9.90. The highest BCUT2D eigenvalue weighted by atomic mass is 35.5. The third-order valence-corrected chi connectivity index (χ3v) is 7.08. The summed E-state index contributed by atoms with van der Waals surface area (Å²) in [4.78, 5) is 12.8. The van der Waals surface area contributed by atoms with E-state index in [9.17, 15) is 0 Å². The zero-order chi connectivity index (χ0) is 24.5. The van der Waals surface area contributed by atoms with E-state index >= 15 is 0 Å². The minimum atomic E-state index is -0.714. The molecule has 10 heteroatoms. The Bertz CT molecular complexity index is 1340. The highest BCUT2D eigenvalue weighted by Gasteiger charge is 2.60. The monoisotopic (exact) mass is 526 g/mol. The molecule has 0 saturated carbocycles. The molecule has 8 nitrogen and oxygen atoms in total. The average molecular weight is 527 g/mol. The first-order valence-electron chi connectivity index (χ1n) is 11.8. The number of hydrogen-bond donors (Lipinski definition) is 0. The second-order valence-electron chi connectivity index (χ2n) is 8.96. The van der Waals surface area contributed by atoms with Crippen molar-refractivity contribution < 1.29 is 18.9 Å². The number of benzene rings is 2. The van der Waals surface area contributed by atoms with Crippen molar-refractivity contribution in [1.82, 2.24) is 19.5 Å². The summed E-state index contributed by atoms with van der Waals surface area (Å²) >= 11 is 12.4. The fraction of sp³-hybridized carbons (Fsp3) is 0.346. The zero-order valence-corrected chi connectivity index (χ0v) is 20.8. The van der Waals surface area contributed by atoms with Crippen LogP contribution in [-0.4, -0.2) is 50.5 Å². The van der Waals surface area contributed by atoms with Crippen LogP contribution in [0, 0.1) is 0 Å². The number of fused-ring (bicyclic) bond motifs is 3. The van der Waals surface area contributed by atoms with Gasteiger partial charge in [-0.2, -0.15) is 4.98 Å². The molecule has 2 bridgehead atoms. The van der Waals surface area contributed by atoms with Gasteiger partial charge in [0.2, 0.25) is 5.28 Å². The fourth-order valence-corrected chi connectivity index (χ4v) is 5.35. The number of imidazole rings is 1. The standard InChI is InChI=1S/C26H24Cl2N4O4/c27-22-19-23(31-25(28)30-22)32(16-29-19)24-20-21(35-14-18-9-5-2-6-10-18)26(36-24,11-12-34-20)15-33-13-17-7-3-1-4-8-17/h1-10,16,20-21,24H,11-15H2/t20-,21+,24-,26-/m1/s1. The van der Waals surface area contributed by atoms with E-state index in [0.29, 0.717) is 44.0 Å². The van der Waals surface area contributed by atoms with E-state index in [4.69, 9.17) is 42.1 Å². The molecule has 186 valence electrons. The summed E-state index contributed by atoms with van der Waals surface area (Å²) in [6.07, 6.45) is 0.909. The lowest BCUT2D eigenvalue weighted by Gasteiger charge is -2.38. The van der Waals surface area contributed by atoms with E-state index in [-0.39, 0.29) is 16.5 Å². The molecular formula is C26H24Cl2N4O4. The average Bonchev–Trinajstić information content (AvgIpc) is 3.38.